The molecular weight excluding hydrogens is 340 g/mol. The van der Waals surface area contributed by atoms with Crippen molar-refractivity contribution in [2.24, 2.45) is 0 Å². The Kier molecular flexibility index (Phi) is 3.40. The van der Waals surface area contributed by atoms with E-state index in [9.17, 15) is 19.5 Å². The fourth-order valence-electron chi connectivity index (χ4n) is 3.19. The summed E-state index contributed by atoms with van der Waals surface area (Å²) >= 11 is 1.19. The van der Waals surface area contributed by atoms with Crippen LogP contribution in [0.5, 0.6) is 0 Å². The summed E-state index contributed by atoms with van der Waals surface area (Å²) in [5, 5.41) is 11.9. The van der Waals surface area contributed by atoms with Crippen molar-refractivity contribution in [3.8, 4) is 0 Å². The number of amides is 2. The molecule has 0 radical (unpaired) electrons. The lowest BCUT2D eigenvalue weighted by atomic mass is 10.0. The van der Waals surface area contributed by atoms with E-state index in [1.165, 1.54) is 11.3 Å². The SMILES string of the molecule is Cc1nc2ccccc2c2c1C(=O)N(C(C(=O)O)c1cccs1)C2=O. The Labute approximate surface area is 146 Å². The summed E-state index contributed by atoms with van der Waals surface area (Å²) in [6.45, 7) is 1.65. The van der Waals surface area contributed by atoms with Gasteiger partial charge in [0.2, 0.25) is 0 Å². The summed E-state index contributed by atoms with van der Waals surface area (Å²) in [5.74, 6) is -2.45. The van der Waals surface area contributed by atoms with Gasteiger partial charge in [0.05, 0.1) is 22.3 Å². The zero-order valence-electron chi connectivity index (χ0n) is 13.1. The number of hydrogen-bond acceptors (Lipinski definition) is 5. The van der Waals surface area contributed by atoms with Gasteiger partial charge in [-0.25, -0.2) is 4.79 Å². The lowest BCUT2D eigenvalue weighted by Gasteiger charge is -2.21. The largest absolute Gasteiger partial charge is 0.479 e. The van der Waals surface area contributed by atoms with Gasteiger partial charge in [-0.05, 0) is 24.4 Å². The average Bonchev–Trinajstić information content (AvgIpc) is 3.18. The van der Waals surface area contributed by atoms with E-state index in [1.807, 2.05) is 0 Å². The van der Waals surface area contributed by atoms with Crippen molar-refractivity contribution in [1.29, 1.82) is 0 Å². The molecule has 7 heteroatoms. The van der Waals surface area contributed by atoms with Gasteiger partial charge in [-0.3, -0.25) is 19.5 Å². The Bertz CT molecular complexity index is 1040. The number of hydrogen-bond donors (Lipinski definition) is 1. The van der Waals surface area contributed by atoms with Crippen LogP contribution >= 0.6 is 11.3 Å². The van der Waals surface area contributed by atoms with Crippen LogP contribution in [0.3, 0.4) is 0 Å². The highest BCUT2D eigenvalue weighted by atomic mass is 32.1. The van der Waals surface area contributed by atoms with Crippen LogP contribution in [0.1, 0.15) is 37.3 Å². The Balaban J connectivity index is 1.95. The number of carboxylic acid groups (broad SMARTS) is 1. The molecule has 6 nitrogen and oxygen atoms in total. The third kappa shape index (κ3) is 2.16. The van der Waals surface area contributed by atoms with E-state index < -0.39 is 23.8 Å². The zero-order chi connectivity index (χ0) is 17.7. The summed E-state index contributed by atoms with van der Waals surface area (Å²) in [6, 6.07) is 8.99. The van der Waals surface area contributed by atoms with Gasteiger partial charge in [0.15, 0.2) is 6.04 Å². The number of thiophene rings is 1. The Morgan fingerprint density at radius 3 is 2.52 bits per heavy atom. The molecule has 1 unspecified atom stereocenters. The number of carboxylic acids is 1. The van der Waals surface area contributed by atoms with Gasteiger partial charge in [-0.1, -0.05) is 24.3 Å². The molecule has 1 atom stereocenters. The molecule has 2 amide bonds. The first-order valence-corrected chi connectivity index (χ1v) is 8.42. The number of aliphatic carboxylic acids is 1. The number of carbonyl (C=O) groups excluding carboxylic acids is 2. The van der Waals surface area contributed by atoms with Crippen LogP contribution < -0.4 is 0 Å². The van der Waals surface area contributed by atoms with Crippen molar-refractivity contribution < 1.29 is 19.5 Å². The van der Waals surface area contributed by atoms with E-state index in [4.69, 9.17) is 0 Å². The molecule has 0 bridgehead atoms. The first-order valence-electron chi connectivity index (χ1n) is 7.54. The number of fused-ring (bicyclic) bond motifs is 3. The number of aryl methyl sites for hydroxylation is 1. The van der Waals surface area contributed by atoms with Crippen LogP contribution in [0.4, 0.5) is 0 Å². The quantitative estimate of drug-likeness (QED) is 0.732. The van der Waals surface area contributed by atoms with Crippen molar-refractivity contribution in [2.45, 2.75) is 13.0 Å². The maximum atomic E-state index is 13.0. The normalized spacial score (nSPS) is 14.8. The smallest absolute Gasteiger partial charge is 0.332 e. The number of para-hydroxylation sites is 1. The van der Waals surface area contributed by atoms with Gasteiger partial charge >= 0.3 is 5.97 Å². The van der Waals surface area contributed by atoms with Gasteiger partial charge in [0.25, 0.3) is 11.8 Å². The van der Waals surface area contributed by atoms with Crippen LogP contribution in [0.15, 0.2) is 41.8 Å². The van der Waals surface area contributed by atoms with Gasteiger partial charge in [-0.2, -0.15) is 0 Å². The van der Waals surface area contributed by atoms with Gasteiger partial charge in [0, 0.05) is 10.3 Å². The number of pyridine rings is 1. The molecule has 0 fully saturated rings. The van der Waals surface area contributed by atoms with E-state index in [-0.39, 0.29) is 11.1 Å². The molecule has 1 aliphatic heterocycles. The highest BCUT2D eigenvalue weighted by Gasteiger charge is 2.46. The van der Waals surface area contributed by atoms with Crippen molar-refractivity contribution in [1.82, 2.24) is 9.88 Å². The summed E-state index contributed by atoms with van der Waals surface area (Å²) < 4.78 is 0. The van der Waals surface area contributed by atoms with E-state index in [0.29, 0.717) is 21.5 Å². The number of carbonyl (C=O) groups is 3. The molecule has 3 heterocycles. The Hall–Kier alpha value is -3.06. The fourth-order valence-corrected chi connectivity index (χ4v) is 4.00. The minimum atomic E-state index is -1.34. The van der Waals surface area contributed by atoms with E-state index in [1.54, 1.807) is 48.7 Å². The Morgan fingerprint density at radius 2 is 1.84 bits per heavy atom. The topological polar surface area (TPSA) is 87.6 Å². The molecule has 1 aliphatic rings. The fraction of sp³-hybridized carbons (Fsp3) is 0.111. The molecule has 3 aromatic rings. The molecule has 0 saturated carbocycles. The molecule has 1 N–H and O–H groups in total. The zero-order valence-corrected chi connectivity index (χ0v) is 13.9. The number of imide groups is 1. The van der Waals surface area contributed by atoms with Crippen molar-refractivity contribution >= 4 is 40.0 Å². The maximum absolute atomic E-state index is 13.0. The molecule has 1 aromatic carbocycles. The summed E-state index contributed by atoms with van der Waals surface area (Å²) in [4.78, 5) is 43.4. The van der Waals surface area contributed by atoms with Crippen molar-refractivity contribution in [2.75, 3.05) is 0 Å². The standard InChI is InChI=1S/C18H12N2O4S/c1-9-13-14(10-5-2-3-6-11(10)19-9)17(22)20(16(13)21)15(18(23)24)12-7-4-8-25-12/h2-8,15H,1H3,(H,23,24). The molecule has 124 valence electrons. The highest BCUT2D eigenvalue weighted by Crippen LogP contribution is 2.37. The number of benzene rings is 1. The predicted octanol–water partition coefficient (Wildman–Crippen LogP) is 3.03. The molecule has 0 spiro atoms. The second-order valence-corrected chi connectivity index (χ2v) is 6.68. The first kappa shape index (κ1) is 15.5. The number of nitrogens with zero attached hydrogens (tertiary/aromatic N) is 2. The minimum absolute atomic E-state index is 0.187. The first-order chi connectivity index (χ1) is 12.0. The van der Waals surface area contributed by atoms with Crippen LogP contribution in [-0.4, -0.2) is 32.8 Å². The van der Waals surface area contributed by atoms with Gasteiger partial charge in [-0.15, -0.1) is 11.3 Å². The third-order valence-electron chi connectivity index (χ3n) is 4.24. The second kappa shape index (κ2) is 5.49. The van der Waals surface area contributed by atoms with Crippen molar-refractivity contribution in [3.05, 3.63) is 63.5 Å². The second-order valence-electron chi connectivity index (χ2n) is 5.70. The van der Waals surface area contributed by atoms with Crippen LogP contribution in [0.2, 0.25) is 0 Å². The summed E-state index contributed by atoms with van der Waals surface area (Å²) in [6.07, 6.45) is 0. The highest BCUT2D eigenvalue weighted by molar-refractivity contribution is 7.10. The van der Waals surface area contributed by atoms with Crippen LogP contribution in [-0.2, 0) is 4.79 Å². The lowest BCUT2D eigenvalue weighted by molar-refractivity contribution is -0.141. The van der Waals surface area contributed by atoms with Crippen LogP contribution in [0, 0.1) is 6.92 Å². The van der Waals surface area contributed by atoms with Gasteiger partial charge in [0.1, 0.15) is 0 Å². The lowest BCUT2D eigenvalue weighted by Crippen LogP contribution is -2.38. The third-order valence-corrected chi connectivity index (χ3v) is 5.17. The van der Waals surface area contributed by atoms with E-state index >= 15 is 0 Å². The maximum Gasteiger partial charge on any atom is 0.332 e. The molecule has 0 aliphatic carbocycles. The number of rotatable bonds is 3. The molecule has 25 heavy (non-hydrogen) atoms. The summed E-state index contributed by atoms with van der Waals surface area (Å²) in [5.41, 5.74) is 1.44. The van der Waals surface area contributed by atoms with E-state index in [2.05, 4.69) is 4.98 Å². The molecule has 4 rings (SSSR count). The molecule has 2 aromatic heterocycles. The van der Waals surface area contributed by atoms with Crippen LogP contribution in [0.25, 0.3) is 10.9 Å². The van der Waals surface area contributed by atoms with Crippen molar-refractivity contribution in [3.63, 3.8) is 0 Å². The van der Waals surface area contributed by atoms with Gasteiger partial charge < -0.3 is 5.11 Å². The summed E-state index contributed by atoms with van der Waals surface area (Å²) in [7, 11) is 0. The molecule has 0 saturated heterocycles. The minimum Gasteiger partial charge on any atom is -0.479 e. The monoisotopic (exact) mass is 352 g/mol. The Morgan fingerprint density at radius 1 is 1.12 bits per heavy atom. The molecular formula is C18H12N2O4S. The van der Waals surface area contributed by atoms with E-state index in [0.717, 1.165) is 4.90 Å². The number of aromatic nitrogens is 1. The average molecular weight is 352 g/mol. The predicted molar refractivity (Wildman–Crippen MR) is 91.7 cm³/mol.